The molecule has 0 bridgehead atoms. The van der Waals surface area contributed by atoms with Crippen LogP contribution in [0, 0.1) is 0 Å². The third-order valence-electron chi connectivity index (χ3n) is 5.94. The van der Waals surface area contributed by atoms with Gasteiger partial charge in [0.1, 0.15) is 11.6 Å². The van der Waals surface area contributed by atoms with Crippen LogP contribution < -0.4 is 5.32 Å². The number of nitrogens with one attached hydrogen (secondary N) is 1. The van der Waals surface area contributed by atoms with Gasteiger partial charge in [0.2, 0.25) is 5.91 Å². The molecule has 0 unspecified atom stereocenters. The molecule has 1 N–H and O–H groups in total. The molecule has 7 nitrogen and oxygen atoms in total. The molecule has 4 amide bonds. The monoisotopic (exact) mass is 376 g/mol. The Morgan fingerprint density at radius 3 is 2.54 bits per heavy atom. The minimum atomic E-state index is -0.803. The summed E-state index contributed by atoms with van der Waals surface area (Å²) in [7, 11) is 3.18. The number of urea groups is 1. The number of amides is 4. The van der Waals surface area contributed by atoms with Gasteiger partial charge in [0, 0.05) is 44.3 Å². The van der Waals surface area contributed by atoms with Gasteiger partial charge in [-0.25, -0.2) is 4.79 Å². The van der Waals surface area contributed by atoms with Gasteiger partial charge in [0.25, 0.3) is 5.91 Å². The molecule has 0 aliphatic carbocycles. The number of rotatable bonds is 1. The summed E-state index contributed by atoms with van der Waals surface area (Å²) in [6, 6.07) is 5.00. The zero-order valence-corrected chi connectivity index (χ0v) is 15.5. The van der Waals surface area contributed by atoms with Crippen molar-refractivity contribution in [3.8, 4) is 0 Å². The van der Waals surface area contributed by atoms with E-state index in [9.17, 15) is 14.4 Å². The highest BCUT2D eigenvalue weighted by Crippen LogP contribution is 2.36. The molecule has 3 heterocycles. The smallest absolute Gasteiger partial charge is 0.327 e. The van der Waals surface area contributed by atoms with E-state index < -0.39 is 5.54 Å². The number of anilines is 1. The van der Waals surface area contributed by atoms with Crippen molar-refractivity contribution in [3.05, 3.63) is 28.8 Å². The molecular formula is C18H21ClN4O3. The summed E-state index contributed by atoms with van der Waals surface area (Å²) < 4.78 is 0. The molecule has 0 aromatic heterocycles. The van der Waals surface area contributed by atoms with E-state index in [1.165, 1.54) is 16.8 Å². The number of nitrogens with zero attached hydrogens (tertiary/aromatic N) is 3. The number of benzene rings is 1. The van der Waals surface area contributed by atoms with Gasteiger partial charge in [0.05, 0.1) is 0 Å². The van der Waals surface area contributed by atoms with Gasteiger partial charge in [-0.3, -0.25) is 14.5 Å². The van der Waals surface area contributed by atoms with Gasteiger partial charge < -0.3 is 15.1 Å². The Kier molecular flexibility index (Phi) is 3.87. The summed E-state index contributed by atoms with van der Waals surface area (Å²) in [4.78, 5) is 42.1. The van der Waals surface area contributed by atoms with Gasteiger partial charge >= 0.3 is 6.03 Å². The summed E-state index contributed by atoms with van der Waals surface area (Å²) in [6.45, 7) is 0.927. The maximum absolute atomic E-state index is 12.9. The highest BCUT2D eigenvalue weighted by atomic mass is 35.5. The lowest BCUT2D eigenvalue weighted by atomic mass is 9.86. The molecule has 0 radical (unpaired) electrons. The topological polar surface area (TPSA) is 73.0 Å². The van der Waals surface area contributed by atoms with Crippen molar-refractivity contribution in [2.24, 2.45) is 0 Å². The number of piperidine rings is 1. The molecule has 0 saturated carbocycles. The van der Waals surface area contributed by atoms with E-state index >= 15 is 0 Å². The average molecular weight is 377 g/mol. The molecule has 2 fully saturated rings. The van der Waals surface area contributed by atoms with Crippen molar-refractivity contribution in [1.82, 2.24) is 14.7 Å². The Hall–Kier alpha value is -2.28. The molecule has 8 heteroatoms. The molecule has 1 aromatic carbocycles. The van der Waals surface area contributed by atoms with Crippen LogP contribution in [-0.4, -0.2) is 71.3 Å². The van der Waals surface area contributed by atoms with Gasteiger partial charge in [-0.15, -0.1) is 0 Å². The summed E-state index contributed by atoms with van der Waals surface area (Å²) in [5.74, 6) is -0.141. The van der Waals surface area contributed by atoms with Gasteiger partial charge in [0.15, 0.2) is 0 Å². The average Bonchev–Trinajstić information content (AvgIpc) is 3.13. The highest BCUT2D eigenvalue weighted by Gasteiger charge is 2.55. The first-order valence-electron chi connectivity index (χ1n) is 8.73. The number of hydrogen-bond donors (Lipinski definition) is 1. The van der Waals surface area contributed by atoms with Crippen molar-refractivity contribution in [2.75, 3.05) is 32.5 Å². The number of hydrogen-bond acceptors (Lipinski definition) is 4. The third kappa shape index (κ3) is 2.37. The zero-order valence-electron chi connectivity index (χ0n) is 14.8. The second-order valence-electron chi connectivity index (χ2n) is 7.27. The number of carbonyl (C=O) groups is 3. The van der Waals surface area contributed by atoms with E-state index in [-0.39, 0.29) is 23.9 Å². The normalized spacial score (nSPS) is 24.3. The highest BCUT2D eigenvalue weighted by molar-refractivity contribution is 6.30. The largest absolute Gasteiger partial charge is 0.373 e. The molecule has 3 aliphatic rings. The standard InChI is InChI=1S/C18H21ClN4O3/c1-21-16(25)18(22(2)17(21)26)5-7-23(8-6-18)15(24)14-10-11-9-12(19)3-4-13(11)20-14/h3-4,9,14,20H,5-8,10H2,1-2H3/t14-/m1/s1. The second kappa shape index (κ2) is 5.87. The van der Waals surface area contributed by atoms with Gasteiger partial charge in [-0.1, -0.05) is 11.6 Å². The fraction of sp³-hybridized carbons (Fsp3) is 0.500. The molecule has 138 valence electrons. The maximum atomic E-state index is 12.9. The lowest BCUT2D eigenvalue weighted by molar-refractivity contribution is -0.140. The molecule has 1 aromatic rings. The Labute approximate surface area is 156 Å². The number of fused-ring (bicyclic) bond motifs is 1. The van der Waals surface area contributed by atoms with Crippen LogP contribution in [0.3, 0.4) is 0 Å². The van der Waals surface area contributed by atoms with Crippen LogP contribution in [0.1, 0.15) is 18.4 Å². The quantitative estimate of drug-likeness (QED) is 0.755. The van der Waals surface area contributed by atoms with Crippen LogP contribution in [0.15, 0.2) is 18.2 Å². The van der Waals surface area contributed by atoms with E-state index in [4.69, 9.17) is 11.6 Å². The van der Waals surface area contributed by atoms with E-state index in [1.54, 1.807) is 18.0 Å². The molecule has 1 atom stereocenters. The van der Waals surface area contributed by atoms with E-state index in [0.717, 1.165) is 11.3 Å². The van der Waals surface area contributed by atoms with E-state index in [0.29, 0.717) is 37.4 Å². The third-order valence-corrected chi connectivity index (χ3v) is 6.18. The Bertz CT molecular complexity index is 804. The van der Waals surface area contributed by atoms with Crippen LogP contribution in [0.5, 0.6) is 0 Å². The second-order valence-corrected chi connectivity index (χ2v) is 7.70. The van der Waals surface area contributed by atoms with Crippen LogP contribution in [-0.2, 0) is 16.0 Å². The molecule has 26 heavy (non-hydrogen) atoms. The van der Waals surface area contributed by atoms with Crippen LogP contribution in [0.2, 0.25) is 5.02 Å². The van der Waals surface area contributed by atoms with Crippen molar-refractivity contribution in [1.29, 1.82) is 0 Å². The number of carbonyl (C=O) groups excluding carboxylic acids is 3. The van der Waals surface area contributed by atoms with Gasteiger partial charge in [-0.2, -0.15) is 0 Å². The van der Waals surface area contributed by atoms with Crippen molar-refractivity contribution in [3.63, 3.8) is 0 Å². The molecule has 1 spiro atoms. The number of halogens is 1. The lowest BCUT2D eigenvalue weighted by Gasteiger charge is -2.41. The summed E-state index contributed by atoms with van der Waals surface area (Å²) in [6.07, 6.45) is 1.54. The first-order valence-corrected chi connectivity index (χ1v) is 9.11. The number of likely N-dealkylation sites (tertiary alicyclic amines) is 1. The molecular weight excluding hydrogens is 356 g/mol. The maximum Gasteiger partial charge on any atom is 0.327 e. The molecule has 4 rings (SSSR count). The number of likely N-dealkylation sites (N-methyl/N-ethyl adjacent to an activating group) is 2. The summed E-state index contributed by atoms with van der Waals surface area (Å²) >= 11 is 6.03. The van der Waals surface area contributed by atoms with Crippen LogP contribution in [0.4, 0.5) is 10.5 Å². The zero-order chi connectivity index (χ0) is 18.6. The van der Waals surface area contributed by atoms with Crippen molar-refractivity contribution >= 4 is 35.1 Å². The van der Waals surface area contributed by atoms with Crippen LogP contribution in [0.25, 0.3) is 0 Å². The summed E-state index contributed by atoms with van der Waals surface area (Å²) in [5.41, 5.74) is 1.18. The SMILES string of the molecule is CN1C(=O)N(C)C2(CCN(C(=O)[C@H]3Cc4cc(Cl)ccc4N3)CC2)C1=O. The predicted octanol–water partition coefficient (Wildman–Crippen LogP) is 1.56. The molecule has 2 saturated heterocycles. The number of imide groups is 1. The Morgan fingerprint density at radius 1 is 1.23 bits per heavy atom. The first kappa shape index (κ1) is 17.1. The minimum absolute atomic E-state index is 0.0277. The Balaban J connectivity index is 1.44. The predicted molar refractivity (Wildman–Crippen MR) is 97.0 cm³/mol. The van der Waals surface area contributed by atoms with Crippen molar-refractivity contribution in [2.45, 2.75) is 30.8 Å². The fourth-order valence-corrected chi connectivity index (χ4v) is 4.49. The van der Waals surface area contributed by atoms with Crippen LogP contribution >= 0.6 is 11.6 Å². The fourth-order valence-electron chi connectivity index (χ4n) is 4.30. The molecule has 3 aliphatic heterocycles. The van der Waals surface area contributed by atoms with E-state index in [1.807, 2.05) is 12.1 Å². The Morgan fingerprint density at radius 2 is 1.92 bits per heavy atom. The van der Waals surface area contributed by atoms with Gasteiger partial charge in [-0.05, 0) is 36.6 Å². The van der Waals surface area contributed by atoms with Crippen molar-refractivity contribution < 1.29 is 14.4 Å². The first-order chi connectivity index (χ1) is 12.3. The minimum Gasteiger partial charge on any atom is -0.373 e. The lowest BCUT2D eigenvalue weighted by Crippen LogP contribution is -2.57. The van der Waals surface area contributed by atoms with E-state index in [2.05, 4.69) is 5.32 Å². The summed E-state index contributed by atoms with van der Waals surface area (Å²) in [5, 5.41) is 3.92.